The summed E-state index contributed by atoms with van der Waals surface area (Å²) < 4.78 is 14.3. The van der Waals surface area contributed by atoms with E-state index in [1.165, 1.54) is 37.4 Å². The number of carbonyl (C=O) groups is 2. The van der Waals surface area contributed by atoms with Crippen molar-refractivity contribution < 1.29 is 14.0 Å². The average molecular weight is 504 g/mol. The molecule has 0 aliphatic rings. The molecule has 4 amide bonds. The molecule has 0 radical (unpaired) electrons. The number of carbonyl (C=O) groups excluding carboxylic acids is 2. The Labute approximate surface area is 197 Å². The lowest BCUT2D eigenvalue weighted by Gasteiger charge is -2.36. The van der Waals surface area contributed by atoms with Crippen LogP contribution in [0.2, 0.25) is 15.1 Å². The number of nitrogens with zero attached hydrogens (tertiary/aromatic N) is 4. The van der Waals surface area contributed by atoms with Crippen molar-refractivity contribution in [3.05, 3.63) is 57.3 Å². The second-order valence-electron chi connectivity index (χ2n) is 6.24. The van der Waals surface area contributed by atoms with Crippen molar-refractivity contribution in [1.29, 1.82) is 10.8 Å². The van der Waals surface area contributed by atoms with Gasteiger partial charge in [-0.25, -0.2) is 14.0 Å². The predicted molar refractivity (Wildman–Crippen MR) is 123 cm³/mol. The van der Waals surface area contributed by atoms with E-state index in [2.05, 4.69) is 0 Å². The number of benzene rings is 2. The van der Waals surface area contributed by atoms with Gasteiger partial charge < -0.3 is 11.5 Å². The zero-order valence-electron chi connectivity index (χ0n) is 16.7. The van der Waals surface area contributed by atoms with Gasteiger partial charge in [-0.3, -0.25) is 20.6 Å². The zero-order valence-corrected chi connectivity index (χ0v) is 19.0. The molecule has 0 aromatic heterocycles. The van der Waals surface area contributed by atoms with Crippen molar-refractivity contribution in [2.75, 3.05) is 23.9 Å². The second-order valence-corrected chi connectivity index (χ2v) is 7.49. The molecule has 0 saturated carbocycles. The van der Waals surface area contributed by atoms with Crippen LogP contribution < -0.4 is 21.3 Å². The molecule has 0 aliphatic heterocycles. The summed E-state index contributed by atoms with van der Waals surface area (Å²) in [6.45, 7) is 0. The minimum atomic E-state index is -1.19. The fraction of sp³-hybridized carbons (Fsp3) is 0.111. The molecule has 0 bridgehead atoms. The zero-order chi connectivity index (χ0) is 24.3. The number of anilines is 2. The Morgan fingerprint density at radius 3 is 1.88 bits per heavy atom. The summed E-state index contributed by atoms with van der Waals surface area (Å²) in [5.41, 5.74) is 10.9. The molecule has 6 N–H and O–H groups in total. The van der Waals surface area contributed by atoms with Crippen LogP contribution in [-0.2, 0) is 0 Å². The van der Waals surface area contributed by atoms with Crippen LogP contribution in [0, 0.1) is 16.6 Å². The highest BCUT2D eigenvalue weighted by Crippen LogP contribution is 2.30. The topological polar surface area (TPSA) is 147 Å². The van der Waals surface area contributed by atoms with Crippen molar-refractivity contribution in [2.45, 2.75) is 0 Å². The highest BCUT2D eigenvalue weighted by atomic mass is 35.5. The van der Waals surface area contributed by atoms with Gasteiger partial charge in [-0.15, -0.1) is 0 Å². The molecule has 2 aromatic carbocycles. The van der Waals surface area contributed by atoms with E-state index in [-0.39, 0.29) is 26.4 Å². The van der Waals surface area contributed by atoms with Gasteiger partial charge in [0, 0.05) is 19.1 Å². The van der Waals surface area contributed by atoms with Gasteiger partial charge in [-0.05, 0) is 30.3 Å². The number of amides is 4. The summed E-state index contributed by atoms with van der Waals surface area (Å²) in [4.78, 5) is 27.9. The number of guanidine groups is 2. The Kier molecular flexibility index (Phi) is 7.73. The number of hydrogen-bond donors (Lipinski definition) is 4. The first-order valence-corrected chi connectivity index (χ1v) is 9.74. The van der Waals surface area contributed by atoms with Crippen molar-refractivity contribution in [3.8, 4) is 0 Å². The SMILES string of the molecule is CN(C(=O)N(C(=N)N)N(C(=N)N)C(=O)N(C)c1c(F)cccc1Cl)c1ccc(Cl)cc1Cl. The minimum Gasteiger partial charge on any atom is -0.368 e. The quantitative estimate of drug-likeness (QED) is 0.279. The standard InChI is InChI=1S/C18H18Cl3FN8O2/c1-27(13-7-6-9(19)8-11(13)21)17(31)29(15(23)24)30(16(25)26)18(32)28(2)14-10(20)4-3-5-12(14)22/h3-8H,1-2H3,(H3,23,24)(H3,25,26). The van der Waals surface area contributed by atoms with Gasteiger partial charge in [0.25, 0.3) is 0 Å². The van der Waals surface area contributed by atoms with Crippen molar-refractivity contribution >= 4 is 70.2 Å². The molecular weight excluding hydrogens is 486 g/mol. The van der Waals surface area contributed by atoms with Crippen LogP contribution in [-0.4, -0.2) is 48.1 Å². The maximum absolute atomic E-state index is 14.3. The van der Waals surface area contributed by atoms with Gasteiger partial charge in [-0.1, -0.05) is 40.9 Å². The molecule has 0 unspecified atom stereocenters. The average Bonchev–Trinajstić information content (AvgIpc) is 2.69. The third kappa shape index (κ3) is 4.96. The summed E-state index contributed by atoms with van der Waals surface area (Å²) in [6.07, 6.45) is 0. The molecule has 0 spiro atoms. The van der Waals surface area contributed by atoms with Gasteiger partial charge in [-0.2, -0.15) is 10.0 Å². The Hall–Kier alpha value is -3.28. The van der Waals surface area contributed by atoms with Gasteiger partial charge in [0.15, 0.2) is 0 Å². The monoisotopic (exact) mass is 502 g/mol. The number of nitrogens with one attached hydrogen (secondary N) is 2. The first-order valence-electron chi connectivity index (χ1n) is 8.61. The van der Waals surface area contributed by atoms with E-state index < -0.39 is 29.8 Å². The second kappa shape index (κ2) is 9.90. The Morgan fingerprint density at radius 1 is 0.875 bits per heavy atom. The maximum Gasteiger partial charge on any atom is 0.351 e. The number of nitrogens with two attached hydrogens (primary N) is 2. The molecule has 0 saturated heterocycles. The van der Waals surface area contributed by atoms with E-state index in [4.69, 9.17) is 57.1 Å². The normalized spacial score (nSPS) is 10.3. The Morgan fingerprint density at radius 2 is 1.41 bits per heavy atom. The lowest BCUT2D eigenvalue weighted by atomic mass is 10.3. The fourth-order valence-corrected chi connectivity index (χ4v) is 3.46. The van der Waals surface area contributed by atoms with Crippen LogP contribution in [0.5, 0.6) is 0 Å². The predicted octanol–water partition coefficient (Wildman–Crippen LogP) is 3.90. The summed E-state index contributed by atoms with van der Waals surface area (Å²) in [5.74, 6) is -2.78. The molecule has 0 fully saturated rings. The van der Waals surface area contributed by atoms with Gasteiger partial charge in [0.05, 0.1) is 21.4 Å². The van der Waals surface area contributed by atoms with E-state index in [1.54, 1.807) is 0 Å². The van der Waals surface area contributed by atoms with Crippen LogP contribution in [0.4, 0.5) is 25.4 Å². The first kappa shape index (κ1) is 25.0. The molecule has 2 aromatic rings. The highest BCUT2D eigenvalue weighted by molar-refractivity contribution is 6.37. The fourth-order valence-electron chi connectivity index (χ4n) is 2.64. The van der Waals surface area contributed by atoms with Crippen molar-refractivity contribution in [3.63, 3.8) is 0 Å². The number of hydrazine groups is 1. The van der Waals surface area contributed by atoms with Crippen LogP contribution in [0.25, 0.3) is 0 Å². The van der Waals surface area contributed by atoms with E-state index in [9.17, 15) is 14.0 Å². The van der Waals surface area contributed by atoms with Crippen LogP contribution in [0.3, 0.4) is 0 Å². The van der Waals surface area contributed by atoms with E-state index in [1.807, 2.05) is 0 Å². The van der Waals surface area contributed by atoms with Gasteiger partial charge >= 0.3 is 12.1 Å². The number of para-hydroxylation sites is 1. The molecule has 0 heterocycles. The third-order valence-electron chi connectivity index (χ3n) is 4.14. The van der Waals surface area contributed by atoms with Crippen molar-refractivity contribution in [2.24, 2.45) is 11.5 Å². The molecular formula is C18H18Cl3FN8O2. The smallest absolute Gasteiger partial charge is 0.351 e. The van der Waals surface area contributed by atoms with Gasteiger partial charge in [0.1, 0.15) is 5.82 Å². The van der Waals surface area contributed by atoms with Crippen molar-refractivity contribution in [1.82, 2.24) is 10.0 Å². The van der Waals surface area contributed by atoms with Crippen LogP contribution in [0.1, 0.15) is 0 Å². The lowest BCUT2D eigenvalue weighted by molar-refractivity contribution is 0.151. The Bertz CT molecular complexity index is 1080. The highest BCUT2D eigenvalue weighted by Gasteiger charge is 2.37. The first-order chi connectivity index (χ1) is 14.9. The summed E-state index contributed by atoms with van der Waals surface area (Å²) in [5, 5.41) is 16.5. The molecule has 2 rings (SSSR count). The van der Waals surface area contributed by atoms with E-state index in [0.717, 1.165) is 22.9 Å². The number of rotatable bonds is 2. The number of hydrogen-bond acceptors (Lipinski definition) is 4. The molecule has 14 heteroatoms. The maximum atomic E-state index is 14.3. The molecule has 170 valence electrons. The molecule has 10 nitrogen and oxygen atoms in total. The molecule has 32 heavy (non-hydrogen) atoms. The summed E-state index contributed by atoms with van der Waals surface area (Å²) >= 11 is 18.0. The summed E-state index contributed by atoms with van der Waals surface area (Å²) in [6, 6.07) is 5.74. The van der Waals surface area contributed by atoms with Gasteiger partial charge in [0.2, 0.25) is 11.9 Å². The van der Waals surface area contributed by atoms with E-state index in [0.29, 0.717) is 10.0 Å². The summed E-state index contributed by atoms with van der Waals surface area (Å²) in [7, 11) is 2.43. The number of urea groups is 2. The Balaban J connectivity index is 2.50. The largest absolute Gasteiger partial charge is 0.368 e. The van der Waals surface area contributed by atoms with Crippen LogP contribution >= 0.6 is 34.8 Å². The third-order valence-corrected chi connectivity index (χ3v) is 4.98. The molecule has 0 aliphatic carbocycles. The number of halogens is 4. The molecule has 0 atom stereocenters. The lowest BCUT2D eigenvalue weighted by Crippen LogP contribution is -2.64. The van der Waals surface area contributed by atoms with E-state index >= 15 is 0 Å². The van der Waals surface area contributed by atoms with Crippen LogP contribution in [0.15, 0.2) is 36.4 Å². The minimum absolute atomic E-state index is 0.0906.